The van der Waals surface area contributed by atoms with Gasteiger partial charge >= 0.3 is 0 Å². The predicted octanol–water partition coefficient (Wildman–Crippen LogP) is 11.3. The quantitative estimate of drug-likeness (QED) is 0.183. The largest absolute Gasteiger partial charge is 0.497 e. The van der Waals surface area contributed by atoms with Gasteiger partial charge in [0.2, 0.25) is 5.69 Å². The van der Waals surface area contributed by atoms with Crippen LogP contribution in [0.3, 0.4) is 0 Å². The van der Waals surface area contributed by atoms with E-state index in [9.17, 15) is 0 Å². The molecule has 0 amide bonds. The smallest absolute Gasteiger partial charge is 0.210 e. The molecular weight excluding hydrogens is 624 g/mol. The monoisotopic (exact) mass is 671 g/mol. The normalized spacial score (nSPS) is 20.0. The molecule has 0 N–H and O–H groups in total. The lowest BCUT2D eigenvalue weighted by Gasteiger charge is -2.26. The summed E-state index contributed by atoms with van der Waals surface area (Å²) in [4.78, 5) is 2.47. The Kier molecular flexibility index (Phi) is 8.51. The Bertz CT molecular complexity index is 2160. The fourth-order valence-electron chi connectivity index (χ4n) is 8.65. The van der Waals surface area contributed by atoms with Crippen molar-refractivity contribution in [2.75, 3.05) is 32.2 Å². The number of hydrogen-bond acceptors (Lipinski definition) is 3. The molecule has 252 valence electrons. The van der Waals surface area contributed by atoms with Crippen LogP contribution in [0.4, 0.5) is 11.4 Å². The van der Waals surface area contributed by atoms with Crippen molar-refractivity contribution < 1.29 is 14.0 Å². The van der Waals surface area contributed by atoms with Crippen LogP contribution >= 0.6 is 11.6 Å². The number of nitrogens with zero attached hydrogens (tertiary/aromatic N) is 2. The topological polar surface area (TPSA) is 24.7 Å². The van der Waals surface area contributed by atoms with Crippen LogP contribution in [-0.2, 0) is 10.8 Å². The van der Waals surface area contributed by atoms with E-state index < -0.39 is 0 Å². The fourth-order valence-corrected chi connectivity index (χ4v) is 8.96. The van der Waals surface area contributed by atoms with Crippen LogP contribution in [0.5, 0.6) is 11.5 Å². The van der Waals surface area contributed by atoms with Crippen LogP contribution in [0, 0.1) is 0 Å². The zero-order chi connectivity index (χ0) is 34.7. The highest BCUT2D eigenvalue weighted by atomic mass is 35.5. The van der Waals surface area contributed by atoms with Gasteiger partial charge in [-0.15, -0.1) is 0 Å². The van der Waals surface area contributed by atoms with Gasteiger partial charge in [0, 0.05) is 46.1 Å². The van der Waals surface area contributed by atoms with Gasteiger partial charge in [0.25, 0.3) is 0 Å². The Morgan fingerprint density at radius 2 is 1.43 bits per heavy atom. The van der Waals surface area contributed by atoms with Crippen LogP contribution in [0.2, 0.25) is 0 Å². The second-order valence-corrected chi connectivity index (χ2v) is 14.9. The molecule has 4 nitrogen and oxygen atoms in total. The third kappa shape index (κ3) is 5.31. The Balaban J connectivity index is 1.23. The lowest BCUT2D eigenvalue weighted by Crippen LogP contribution is -2.27. The third-order valence-corrected chi connectivity index (χ3v) is 11.6. The van der Waals surface area contributed by atoms with Crippen LogP contribution in [-0.4, -0.2) is 37.6 Å². The van der Waals surface area contributed by atoms with Gasteiger partial charge < -0.3 is 14.4 Å². The highest BCUT2D eigenvalue weighted by Gasteiger charge is 2.45. The van der Waals surface area contributed by atoms with Crippen molar-refractivity contribution in [3.05, 3.63) is 118 Å². The number of hydrogen-bond donors (Lipinski definition) is 0. The number of benzene rings is 4. The molecule has 2 heterocycles. The molecule has 0 saturated heterocycles. The van der Waals surface area contributed by atoms with Crippen molar-refractivity contribution in [1.29, 1.82) is 0 Å². The highest BCUT2D eigenvalue weighted by molar-refractivity contribution is 6.32. The van der Waals surface area contributed by atoms with E-state index in [2.05, 4.69) is 136 Å². The number of anilines is 1. The maximum absolute atomic E-state index is 7.26. The summed E-state index contributed by atoms with van der Waals surface area (Å²) >= 11 is 7.26. The van der Waals surface area contributed by atoms with Gasteiger partial charge in [0.1, 0.15) is 18.0 Å². The van der Waals surface area contributed by atoms with E-state index in [0.29, 0.717) is 0 Å². The number of likely N-dealkylation sites (N-methyl/N-ethyl adjacent to an activating group) is 1. The summed E-state index contributed by atoms with van der Waals surface area (Å²) in [7, 11) is 3.45. The minimum atomic E-state index is -0.164. The van der Waals surface area contributed by atoms with Crippen molar-refractivity contribution >= 4 is 50.2 Å². The average molecular weight is 672 g/mol. The minimum Gasteiger partial charge on any atom is -0.497 e. The van der Waals surface area contributed by atoms with Crippen molar-refractivity contribution in [2.24, 2.45) is 0 Å². The number of fused-ring (bicyclic) bond motifs is 6. The van der Waals surface area contributed by atoms with E-state index >= 15 is 0 Å². The summed E-state index contributed by atoms with van der Waals surface area (Å²) < 4.78 is 13.5. The average Bonchev–Trinajstić information content (AvgIpc) is 3.47. The summed E-state index contributed by atoms with van der Waals surface area (Å²) in [6.07, 6.45) is 12.3. The third-order valence-electron chi connectivity index (χ3n) is 11.1. The van der Waals surface area contributed by atoms with Crippen molar-refractivity contribution in [1.82, 2.24) is 0 Å². The van der Waals surface area contributed by atoms with Crippen LogP contribution in [0.1, 0.15) is 71.9 Å². The SMILES string of the molecule is CCN1/C(=C/C=C2\CCCC(/C=C/C3=[N+](CC)c4ccc5cc(OC)ccc5c4C3(C)C)=C2Cl)C(C)(C)c2c1ccc1cc(OC)ccc21. The minimum absolute atomic E-state index is 0.164. The van der Waals surface area contributed by atoms with Gasteiger partial charge in [-0.2, -0.15) is 4.58 Å². The number of allylic oxidation sites excluding steroid dienone is 8. The fraction of sp³-hybridized carbons (Fsp3) is 0.341. The van der Waals surface area contributed by atoms with Crippen molar-refractivity contribution in [2.45, 2.75) is 71.6 Å². The molecule has 5 heteroatoms. The summed E-state index contributed by atoms with van der Waals surface area (Å²) in [6.45, 7) is 15.7. The first-order valence-electron chi connectivity index (χ1n) is 17.7. The van der Waals surface area contributed by atoms with Crippen molar-refractivity contribution in [3.63, 3.8) is 0 Å². The predicted molar refractivity (Wildman–Crippen MR) is 208 cm³/mol. The summed E-state index contributed by atoms with van der Waals surface area (Å²) in [5, 5.41) is 5.87. The molecule has 0 bridgehead atoms. The molecular formula is C44H48ClN2O2+. The zero-order valence-corrected chi connectivity index (χ0v) is 31.0. The molecule has 0 fully saturated rings. The van der Waals surface area contributed by atoms with Gasteiger partial charge in [-0.3, -0.25) is 0 Å². The molecule has 0 spiro atoms. The van der Waals surface area contributed by atoms with Crippen LogP contribution in [0.25, 0.3) is 21.5 Å². The Hall–Kier alpha value is -4.28. The number of ether oxygens (including phenoxy) is 2. The number of rotatable bonds is 7. The molecule has 0 unspecified atom stereocenters. The van der Waals surface area contributed by atoms with Gasteiger partial charge in [-0.05, 0) is 128 Å². The lowest BCUT2D eigenvalue weighted by atomic mass is 9.78. The van der Waals surface area contributed by atoms with Gasteiger partial charge in [0.15, 0.2) is 5.71 Å². The summed E-state index contributed by atoms with van der Waals surface area (Å²) in [6, 6.07) is 21.8. The molecule has 0 saturated carbocycles. The Morgan fingerprint density at radius 3 is 2.06 bits per heavy atom. The molecule has 7 rings (SSSR count). The second kappa shape index (κ2) is 12.6. The van der Waals surface area contributed by atoms with E-state index in [-0.39, 0.29) is 10.8 Å². The standard InChI is InChI=1S/C44H48ClN2O2/c1-9-46-36-22-14-30-26-32(48-7)18-20-34(30)40(36)43(3,4)38(46)24-16-28-12-11-13-29(42(28)45)17-25-39-44(5,6)41-35-21-19-33(49-8)27-31(35)15-23-37(41)47(39)10-2/h14-27H,9-13H2,1-8H3/q+1. The summed E-state index contributed by atoms with van der Waals surface area (Å²) in [5.74, 6) is 1.77. The zero-order valence-electron chi connectivity index (χ0n) is 30.2. The molecule has 2 aliphatic heterocycles. The number of methoxy groups -OCH3 is 2. The highest BCUT2D eigenvalue weighted by Crippen LogP contribution is 2.51. The molecule has 4 aromatic carbocycles. The second-order valence-electron chi connectivity index (χ2n) is 14.5. The first-order chi connectivity index (χ1) is 23.5. The summed E-state index contributed by atoms with van der Waals surface area (Å²) in [5.41, 5.74) is 10.0. The molecule has 0 atom stereocenters. The Morgan fingerprint density at radius 1 is 0.776 bits per heavy atom. The van der Waals surface area contributed by atoms with Gasteiger partial charge in [-0.1, -0.05) is 55.8 Å². The van der Waals surface area contributed by atoms with Gasteiger partial charge in [0.05, 0.1) is 19.6 Å². The van der Waals surface area contributed by atoms with E-state index in [1.165, 1.54) is 66.6 Å². The van der Waals surface area contributed by atoms with Crippen LogP contribution < -0.4 is 14.4 Å². The maximum atomic E-state index is 7.26. The first kappa shape index (κ1) is 33.2. The molecule has 49 heavy (non-hydrogen) atoms. The first-order valence-corrected chi connectivity index (χ1v) is 18.1. The Labute approximate surface area is 296 Å². The molecule has 4 aromatic rings. The molecule has 0 aromatic heterocycles. The molecule has 3 aliphatic rings. The van der Waals surface area contributed by atoms with E-state index in [1.54, 1.807) is 14.2 Å². The number of halogens is 1. The maximum Gasteiger partial charge on any atom is 0.210 e. The van der Waals surface area contributed by atoms with Crippen molar-refractivity contribution in [3.8, 4) is 11.5 Å². The molecule has 0 radical (unpaired) electrons. The van der Waals surface area contributed by atoms with Gasteiger partial charge in [-0.25, -0.2) is 0 Å². The van der Waals surface area contributed by atoms with Crippen LogP contribution in [0.15, 0.2) is 107 Å². The van der Waals surface area contributed by atoms with E-state index in [0.717, 1.165) is 48.9 Å². The molecule has 1 aliphatic carbocycles. The van der Waals surface area contributed by atoms with E-state index in [4.69, 9.17) is 21.1 Å². The van der Waals surface area contributed by atoms with E-state index in [1.807, 2.05) is 0 Å². The lowest BCUT2D eigenvalue weighted by molar-refractivity contribution is -0.433.